The van der Waals surface area contributed by atoms with Gasteiger partial charge in [-0.15, -0.1) is 0 Å². The SMILES string of the molecule is COc1cccc(C(=O)c2ccc(CN3CCC4(CC3)OCCO4)cc2)c1. The molecule has 1 spiro atoms. The molecule has 0 aromatic heterocycles. The second-order valence-electron chi connectivity index (χ2n) is 7.14. The van der Waals surface area contributed by atoms with Crippen molar-refractivity contribution in [2.75, 3.05) is 33.4 Å². The molecule has 0 amide bonds. The number of hydrogen-bond acceptors (Lipinski definition) is 5. The number of carbonyl (C=O) groups is 1. The van der Waals surface area contributed by atoms with Gasteiger partial charge in [-0.2, -0.15) is 0 Å². The van der Waals surface area contributed by atoms with E-state index in [1.54, 1.807) is 13.2 Å². The zero-order chi connectivity index (χ0) is 18.7. The molecule has 0 bridgehead atoms. The molecular formula is C22H25NO4. The van der Waals surface area contributed by atoms with Crippen molar-refractivity contribution in [3.63, 3.8) is 0 Å². The molecule has 5 heteroatoms. The standard InChI is InChI=1S/C22H25NO4/c1-25-20-4-2-3-19(15-20)21(24)18-7-5-17(6-8-18)16-23-11-9-22(10-12-23)26-13-14-27-22/h2-8,15H,9-14,16H2,1H3. The van der Waals surface area contributed by atoms with E-state index in [1.807, 2.05) is 42.5 Å². The maximum atomic E-state index is 12.7. The van der Waals surface area contributed by atoms with Crippen molar-refractivity contribution in [2.45, 2.75) is 25.2 Å². The maximum Gasteiger partial charge on any atom is 0.193 e. The van der Waals surface area contributed by atoms with Crippen LogP contribution in [0.4, 0.5) is 0 Å². The lowest BCUT2D eigenvalue weighted by Crippen LogP contribution is -2.44. The Labute approximate surface area is 159 Å². The molecule has 4 rings (SSSR count). The molecule has 27 heavy (non-hydrogen) atoms. The van der Waals surface area contributed by atoms with Crippen LogP contribution in [0.5, 0.6) is 5.75 Å². The summed E-state index contributed by atoms with van der Waals surface area (Å²) >= 11 is 0. The van der Waals surface area contributed by atoms with Gasteiger partial charge in [0, 0.05) is 43.6 Å². The number of hydrogen-bond donors (Lipinski definition) is 0. The number of likely N-dealkylation sites (tertiary alicyclic amines) is 1. The zero-order valence-corrected chi connectivity index (χ0v) is 15.6. The van der Waals surface area contributed by atoms with Crippen molar-refractivity contribution in [3.8, 4) is 5.75 Å². The maximum absolute atomic E-state index is 12.7. The van der Waals surface area contributed by atoms with Crippen LogP contribution in [0.25, 0.3) is 0 Å². The Morgan fingerprint density at radius 2 is 1.74 bits per heavy atom. The molecule has 2 aromatic carbocycles. The molecule has 0 N–H and O–H groups in total. The van der Waals surface area contributed by atoms with Crippen molar-refractivity contribution in [2.24, 2.45) is 0 Å². The van der Waals surface area contributed by atoms with E-state index < -0.39 is 0 Å². The molecule has 0 atom stereocenters. The fourth-order valence-electron chi connectivity index (χ4n) is 3.79. The van der Waals surface area contributed by atoms with Crippen LogP contribution in [0, 0.1) is 0 Å². The molecule has 0 unspecified atom stereocenters. The minimum Gasteiger partial charge on any atom is -0.497 e. The quantitative estimate of drug-likeness (QED) is 0.759. The number of ketones is 1. The van der Waals surface area contributed by atoms with Gasteiger partial charge in [0.15, 0.2) is 11.6 Å². The number of rotatable bonds is 5. The summed E-state index contributed by atoms with van der Waals surface area (Å²) in [6.07, 6.45) is 1.83. The number of ether oxygens (including phenoxy) is 3. The van der Waals surface area contributed by atoms with E-state index in [0.29, 0.717) is 30.1 Å². The van der Waals surface area contributed by atoms with E-state index in [4.69, 9.17) is 14.2 Å². The Kier molecular flexibility index (Phi) is 5.25. The van der Waals surface area contributed by atoms with Gasteiger partial charge in [0.05, 0.1) is 20.3 Å². The Morgan fingerprint density at radius 3 is 2.41 bits per heavy atom. The first-order valence-corrected chi connectivity index (χ1v) is 9.45. The molecule has 2 fully saturated rings. The monoisotopic (exact) mass is 367 g/mol. The van der Waals surface area contributed by atoms with Gasteiger partial charge < -0.3 is 14.2 Å². The van der Waals surface area contributed by atoms with Gasteiger partial charge in [-0.3, -0.25) is 9.69 Å². The fourth-order valence-corrected chi connectivity index (χ4v) is 3.79. The third kappa shape index (κ3) is 4.05. The summed E-state index contributed by atoms with van der Waals surface area (Å²) in [6, 6.07) is 15.2. The molecular weight excluding hydrogens is 342 g/mol. The number of carbonyl (C=O) groups excluding carboxylic acids is 1. The molecule has 0 aliphatic carbocycles. The summed E-state index contributed by atoms with van der Waals surface area (Å²) in [5.41, 5.74) is 2.54. The molecule has 0 saturated carbocycles. The summed E-state index contributed by atoms with van der Waals surface area (Å²) in [6.45, 7) is 4.23. The molecule has 2 heterocycles. The first-order valence-electron chi connectivity index (χ1n) is 9.45. The second-order valence-corrected chi connectivity index (χ2v) is 7.14. The summed E-state index contributed by atoms with van der Waals surface area (Å²) in [5.74, 6) is 0.371. The zero-order valence-electron chi connectivity index (χ0n) is 15.6. The van der Waals surface area contributed by atoms with Gasteiger partial charge in [-0.05, 0) is 17.7 Å². The highest BCUT2D eigenvalue weighted by molar-refractivity contribution is 6.09. The molecule has 2 saturated heterocycles. The predicted octanol–water partition coefficient (Wildman–Crippen LogP) is 3.27. The van der Waals surface area contributed by atoms with Crippen LogP contribution in [0.2, 0.25) is 0 Å². The lowest BCUT2D eigenvalue weighted by atomic mass is 10.0. The lowest BCUT2D eigenvalue weighted by Gasteiger charge is -2.37. The first-order chi connectivity index (χ1) is 13.2. The van der Waals surface area contributed by atoms with E-state index >= 15 is 0 Å². The molecule has 5 nitrogen and oxygen atoms in total. The third-order valence-electron chi connectivity index (χ3n) is 5.39. The molecule has 2 aliphatic heterocycles. The highest BCUT2D eigenvalue weighted by Gasteiger charge is 2.39. The van der Waals surface area contributed by atoms with Gasteiger partial charge in [0.25, 0.3) is 0 Å². The Balaban J connectivity index is 1.37. The van der Waals surface area contributed by atoms with E-state index in [-0.39, 0.29) is 11.6 Å². The predicted molar refractivity (Wildman–Crippen MR) is 102 cm³/mol. The highest BCUT2D eigenvalue weighted by Crippen LogP contribution is 2.31. The van der Waals surface area contributed by atoms with Crippen LogP contribution >= 0.6 is 0 Å². The van der Waals surface area contributed by atoms with Crippen molar-refractivity contribution in [1.82, 2.24) is 4.90 Å². The van der Waals surface area contributed by atoms with E-state index in [2.05, 4.69) is 4.90 Å². The topological polar surface area (TPSA) is 48.0 Å². The van der Waals surface area contributed by atoms with E-state index in [9.17, 15) is 4.79 Å². The minimum atomic E-state index is -0.330. The van der Waals surface area contributed by atoms with Gasteiger partial charge in [0.1, 0.15) is 5.75 Å². The van der Waals surface area contributed by atoms with Crippen LogP contribution in [0.15, 0.2) is 48.5 Å². The molecule has 2 aromatic rings. The third-order valence-corrected chi connectivity index (χ3v) is 5.39. The average Bonchev–Trinajstić information content (AvgIpc) is 3.18. The van der Waals surface area contributed by atoms with Crippen molar-refractivity contribution in [3.05, 3.63) is 65.2 Å². The average molecular weight is 367 g/mol. The number of piperidine rings is 1. The Bertz CT molecular complexity index is 786. The molecule has 0 radical (unpaired) electrons. The van der Waals surface area contributed by atoms with Crippen LogP contribution < -0.4 is 4.74 Å². The summed E-state index contributed by atoms with van der Waals surface area (Å²) in [5, 5.41) is 0. The van der Waals surface area contributed by atoms with E-state index in [1.165, 1.54) is 5.56 Å². The number of methoxy groups -OCH3 is 1. The largest absolute Gasteiger partial charge is 0.497 e. The molecule has 2 aliphatic rings. The van der Waals surface area contributed by atoms with Gasteiger partial charge in [0.2, 0.25) is 0 Å². The van der Waals surface area contributed by atoms with Crippen LogP contribution in [-0.2, 0) is 16.0 Å². The second kappa shape index (κ2) is 7.80. The fraction of sp³-hybridized carbons (Fsp3) is 0.409. The van der Waals surface area contributed by atoms with E-state index in [0.717, 1.165) is 32.5 Å². The first kappa shape index (κ1) is 18.2. The molecule has 142 valence electrons. The van der Waals surface area contributed by atoms with Gasteiger partial charge in [-0.25, -0.2) is 0 Å². The summed E-state index contributed by atoms with van der Waals surface area (Å²) in [4.78, 5) is 15.1. The van der Waals surface area contributed by atoms with Crippen LogP contribution in [0.3, 0.4) is 0 Å². The number of nitrogens with zero attached hydrogens (tertiary/aromatic N) is 1. The highest BCUT2D eigenvalue weighted by atomic mass is 16.7. The Morgan fingerprint density at radius 1 is 1.04 bits per heavy atom. The smallest absolute Gasteiger partial charge is 0.193 e. The minimum absolute atomic E-state index is 0.0101. The van der Waals surface area contributed by atoms with Crippen LogP contribution in [-0.4, -0.2) is 49.9 Å². The van der Waals surface area contributed by atoms with Crippen molar-refractivity contribution >= 4 is 5.78 Å². The Hall–Kier alpha value is -2.21. The van der Waals surface area contributed by atoms with Crippen molar-refractivity contribution in [1.29, 1.82) is 0 Å². The van der Waals surface area contributed by atoms with Crippen molar-refractivity contribution < 1.29 is 19.0 Å². The van der Waals surface area contributed by atoms with Crippen LogP contribution in [0.1, 0.15) is 34.3 Å². The summed E-state index contributed by atoms with van der Waals surface area (Å²) in [7, 11) is 1.60. The summed E-state index contributed by atoms with van der Waals surface area (Å²) < 4.78 is 16.8. The normalized spacial score (nSPS) is 19.3. The lowest BCUT2D eigenvalue weighted by molar-refractivity contribution is -0.185. The number of benzene rings is 2. The van der Waals surface area contributed by atoms with Gasteiger partial charge >= 0.3 is 0 Å². The van der Waals surface area contributed by atoms with Gasteiger partial charge in [-0.1, -0.05) is 36.4 Å².